The number of aliphatic hydroxyl groups is 4. The molecule has 1 saturated carbocycles. The van der Waals surface area contributed by atoms with E-state index in [2.05, 4.69) is 5.32 Å². The van der Waals surface area contributed by atoms with Crippen molar-refractivity contribution in [2.24, 2.45) is 0 Å². The topological polar surface area (TPSA) is 182 Å². The molecule has 2 heterocycles. The van der Waals surface area contributed by atoms with Gasteiger partial charge in [-0.05, 0) is 61.4 Å². The molecule has 43 heavy (non-hydrogen) atoms. The minimum absolute atomic E-state index is 0.119. The van der Waals surface area contributed by atoms with Gasteiger partial charge in [0.05, 0.1) is 17.8 Å². The zero-order chi connectivity index (χ0) is 30.7. The van der Waals surface area contributed by atoms with Gasteiger partial charge < -0.3 is 55.2 Å². The highest BCUT2D eigenvalue weighted by Crippen LogP contribution is 2.32. The molecule has 232 valence electrons. The summed E-state index contributed by atoms with van der Waals surface area (Å²) in [6.07, 6.45) is -4.10. The van der Waals surface area contributed by atoms with Gasteiger partial charge in [-0.1, -0.05) is 24.3 Å². The van der Waals surface area contributed by atoms with Crippen LogP contribution in [0.1, 0.15) is 25.8 Å². The lowest BCUT2D eigenvalue weighted by atomic mass is 9.83. The largest absolute Gasteiger partial charge is 0.490 e. The fraction of sp³-hybridized carbons (Fsp3) is 0.452. The van der Waals surface area contributed by atoms with Crippen LogP contribution in [0.3, 0.4) is 0 Å². The number of nitrogens with two attached hydrogens (primary N) is 1. The molecule has 2 saturated heterocycles. The molecule has 0 spiro atoms. The van der Waals surface area contributed by atoms with Gasteiger partial charge in [0.2, 0.25) is 12.2 Å². The van der Waals surface area contributed by atoms with Crippen LogP contribution in [-0.2, 0) is 19.0 Å². The van der Waals surface area contributed by atoms with Crippen LogP contribution in [0.4, 0.5) is 5.69 Å². The number of amides is 1. The molecule has 1 aliphatic carbocycles. The molecule has 5 rings (SSSR count). The molecule has 0 unspecified atom stereocenters. The summed E-state index contributed by atoms with van der Waals surface area (Å²) in [6.45, 7) is 3.65. The number of para-hydroxylation sites is 1. The molecule has 2 aromatic carbocycles. The van der Waals surface area contributed by atoms with Crippen molar-refractivity contribution >= 4 is 17.7 Å². The lowest BCUT2D eigenvalue weighted by molar-refractivity contribution is -0.155. The summed E-state index contributed by atoms with van der Waals surface area (Å²) in [6, 6.07) is 13.3. The SMILES string of the molecule is CC(=Cc1ccc(O[C@H]2C[C@H](O)[C@@H](C(C)=CCOc3ccccc3)O2)c(N)c1)C(=O)N[C@@H]1[C@H](O)[C@@H](O)[C@H]2OCO[C@H]2[C@@H]1O. The smallest absolute Gasteiger partial charge is 0.247 e. The lowest BCUT2D eigenvalue weighted by Gasteiger charge is -2.41. The molecule has 9 atom stereocenters. The number of carbonyl (C=O) groups excluding carboxylic acids is 1. The summed E-state index contributed by atoms with van der Waals surface area (Å²) in [5.41, 5.74) is 8.24. The molecule has 3 aliphatic rings. The second kappa shape index (κ2) is 13.4. The van der Waals surface area contributed by atoms with E-state index in [4.69, 9.17) is 29.4 Å². The van der Waals surface area contributed by atoms with Crippen molar-refractivity contribution in [2.75, 3.05) is 19.1 Å². The first kappa shape index (κ1) is 31.0. The molecule has 7 N–H and O–H groups in total. The third kappa shape index (κ3) is 7.02. The standard InChI is InChI=1S/C31H38N2O10/c1-16(10-11-39-19-6-4-3-5-7-19)28-21(34)14-23(43-28)42-22-9-8-18(13-20(22)32)12-17(2)31(38)33-24-25(35)27(37)30-29(26(24)36)40-15-41-30/h3-10,12-13,21,23-30,34-37H,11,14-15,32H2,1-2H3,(H,33,38)/t21-,23+,24+,25-,26+,27+,28+,29-,30+/m0/s1. The molecule has 0 bridgehead atoms. The molecule has 1 amide bonds. The Morgan fingerprint density at radius 2 is 1.74 bits per heavy atom. The Balaban J connectivity index is 1.16. The van der Waals surface area contributed by atoms with Crippen LogP contribution >= 0.6 is 0 Å². The number of anilines is 1. The first-order chi connectivity index (χ1) is 20.6. The first-order valence-electron chi connectivity index (χ1n) is 14.1. The number of ether oxygens (including phenoxy) is 5. The third-order valence-electron chi connectivity index (χ3n) is 7.86. The Morgan fingerprint density at radius 3 is 2.47 bits per heavy atom. The van der Waals surface area contributed by atoms with Crippen LogP contribution < -0.4 is 20.5 Å². The van der Waals surface area contributed by atoms with E-state index in [-0.39, 0.29) is 18.8 Å². The second-order valence-corrected chi connectivity index (χ2v) is 11.0. The van der Waals surface area contributed by atoms with Crippen LogP contribution in [0.5, 0.6) is 11.5 Å². The number of fused-ring (bicyclic) bond motifs is 1. The number of nitrogen functional groups attached to an aromatic ring is 1. The van der Waals surface area contributed by atoms with Crippen LogP contribution in [0.15, 0.2) is 65.8 Å². The number of hydrogen-bond donors (Lipinski definition) is 6. The van der Waals surface area contributed by atoms with Crippen molar-refractivity contribution < 1.29 is 48.9 Å². The Morgan fingerprint density at radius 1 is 1.02 bits per heavy atom. The molecule has 0 aromatic heterocycles. The van der Waals surface area contributed by atoms with Gasteiger partial charge in [-0.15, -0.1) is 0 Å². The van der Waals surface area contributed by atoms with Gasteiger partial charge in [0.1, 0.15) is 61.5 Å². The van der Waals surface area contributed by atoms with Crippen LogP contribution in [0.25, 0.3) is 6.08 Å². The normalized spacial score (nSPS) is 32.7. The fourth-order valence-electron chi connectivity index (χ4n) is 5.46. The summed E-state index contributed by atoms with van der Waals surface area (Å²) in [7, 11) is 0. The molecule has 2 aliphatic heterocycles. The van der Waals surface area contributed by atoms with Gasteiger partial charge in [-0.25, -0.2) is 0 Å². The van der Waals surface area contributed by atoms with Gasteiger partial charge in [-0.3, -0.25) is 4.79 Å². The van der Waals surface area contributed by atoms with E-state index >= 15 is 0 Å². The van der Waals surface area contributed by atoms with Crippen molar-refractivity contribution in [1.29, 1.82) is 0 Å². The first-order valence-corrected chi connectivity index (χ1v) is 14.1. The zero-order valence-electron chi connectivity index (χ0n) is 23.9. The maximum absolute atomic E-state index is 12.9. The van der Waals surface area contributed by atoms with E-state index < -0.39 is 61.0 Å². The zero-order valence-corrected chi connectivity index (χ0v) is 23.9. The highest BCUT2D eigenvalue weighted by molar-refractivity contribution is 5.97. The number of aliphatic hydroxyl groups excluding tert-OH is 4. The number of hydrogen-bond acceptors (Lipinski definition) is 11. The third-order valence-corrected chi connectivity index (χ3v) is 7.86. The number of nitrogens with one attached hydrogen (secondary N) is 1. The lowest BCUT2D eigenvalue weighted by Crippen LogP contribution is -2.67. The van der Waals surface area contributed by atoms with Gasteiger partial charge in [-0.2, -0.15) is 0 Å². The molecule has 12 heteroatoms. The van der Waals surface area contributed by atoms with Gasteiger partial charge in [0, 0.05) is 12.0 Å². The average molecular weight is 599 g/mol. The van der Waals surface area contributed by atoms with Crippen LogP contribution in [-0.4, -0.2) is 94.8 Å². The van der Waals surface area contributed by atoms with Gasteiger partial charge in [0.15, 0.2) is 0 Å². The Kier molecular flexibility index (Phi) is 9.67. The van der Waals surface area contributed by atoms with E-state index in [0.717, 1.165) is 11.3 Å². The van der Waals surface area contributed by atoms with Crippen molar-refractivity contribution in [3.8, 4) is 11.5 Å². The predicted molar refractivity (Wildman–Crippen MR) is 155 cm³/mol. The summed E-state index contributed by atoms with van der Waals surface area (Å²) >= 11 is 0. The highest BCUT2D eigenvalue weighted by Gasteiger charge is 2.53. The van der Waals surface area contributed by atoms with E-state index in [9.17, 15) is 25.2 Å². The predicted octanol–water partition coefficient (Wildman–Crippen LogP) is 0.875. The van der Waals surface area contributed by atoms with Crippen molar-refractivity contribution in [1.82, 2.24) is 5.32 Å². The monoisotopic (exact) mass is 598 g/mol. The maximum atomic E-state index is 12.9. The van der Waals surface area contributed by atoms with E-state index in [1.807, 2.05) is 43.3 Å². The van der Waals surface area contributed by atoms with Gasteiger partial charge in [0.25, 0.3) is 0 Å². The average Bonchev–Trinajstić information content (AvgIpc) is 3.63. The van der Waals surface area contributed by atoms with E-state index in [1.54, 1.807) is 31.2 Å². The molecular weight excluding hydrogens is 560 g/mol. The summed E-state index contributed by atoms with van der Waals surface area (Å²) in [5, 5.41) is 44.5. The summed E-state index contributed by atoms with van der Waals surface area (Å²) in [4.78, 5) is 12.9. The molecule has 0 radical (unpaired) electrons. The summed E-state index contributed by atoms with van der Waals surface area (Å²) < 4.78 is 28.1. The maximum Gasteiger partial charge on any atom is 0.247 e. The summed E-state index contributed by atoms with van der Waals surface area (Å²) in [5.74, 6) is 0.560. The Labute approximate surface area is 249 Å². The number of carbonyl (C=O) groups is 1. The molecule has 3 fully saturated rings. The van der Waals surface area contributed by atoms with Crippen molar-refractivity contribution in [3.05, 3.63) is 71.3 Å². The van der Waals surface area contributed by atoms with Crippen LogP contribution in [0.2, 0.25) is 0 Å². The second-order valence-electron chi connectivity index (χ2n) is 11.0. The van der Waals surface area contributed by atoms with E-state index in [1.165, 1.54) is 0 Å². The molecular formula is C31H38N2O10. The molecule has 2 aromatic rings. The number of benzene rings is 2. The van der Waals surface area contributed by atoms with Gasteiger partial charge >= 0.3 is 0 Å². The van der Waals surface area contributed by atoms with E-state index in [0.29, 0.717) is 23.6 Å². The Bertz CT molecular complexity index is 1340. The van der Waals surface area contributed by atoms with Crippen LogP contribution in [0, 0.1) is 0 Å². The van der Waals surface area contributed by atoms with Crippen molar-refractivity contribution in [3.63, 3.8) is 0 Å². The van der Waals surface area contributed by atoms with Crippen molar-refractivity contribution in [2.45, 2.75) is 75.3 Å². The minimum atomic E-state index is -1.44. The minimum Gasteiger partial charge on any atom is -0.490 e. The quantitative estimate of drug-likeness (QED) is 0.137. The Hall–Kier alpha value is -3.49. The fourth-order valence-corrected chi connectivity index (χ4v) is 5.46. The highest BCUT2D eigenvalue weighted by atomic mass is 16.7. The number of rotatable bonds is 9. The molecule has 12 nitrogen and oxygen atoms in total.